The summed E-state index contributed by atoms with van der Waals surface area (Å²) in [6.07, 6.45) is 9.33. The molecular formula is C11H19IO. The van der Waals surface area contributed by atoms with Crippen LogP contribution in [0.2, 0.25) is 0 Å². The topological polar surface area (TPSA) is 17.1 Å². The molecule has 0 radical (unpaired) electrons. The molecule has 1 saturated carbocycles. The Labute approximate surface area is 94.8 Å². The van der Waals surface area contributed by atoms with E-state index in [0.29, 0.717) is 11.7 Å². The number of rotatable bonds is 3. The molecule has 2 heteroatoms. The van der Waals surface area contributed by atoms with Crippen molar-refractivity contribution in [2.24, 2.45) is 5.92 Å². The molecule has 0 amide bonds. The van der Waals surface area contributed by atoms with Crippen molar-refractivity contribution < 1.29 is 4.79 Å². The average Bonchev–Trinajstić information content (AvgIpc) is 2.09. The molecule has 0 aromatic carbocycles. The van der Waals surface area contributed by atoms with Crippen molar-refractivity contribution in [3.05, 3.63) is 0 Å². The van der Waals surface area contributed by atoms with Crippen LogP contribution in [0.1, 0.15) is 51.4 Å². The van der Waals surface area contributed by atoms with Crippen LogP contribution in [-0.2, 0) is 4.79 Å². The Morgan fingerprint density at radius 1 is 1.31 bits per heavy atom. The molecule has 1 aliphatic rings. The molecule has 0 bridgehead atoms. The fraction of sp³-hybridized carbons (Fsp3) is 0.909. The van der Waals surface area contributed by atoms with E-state index in [9.17, 15) is 4.79 Å². The molecule has 1 aliphatic carbocycles. The molecule has 13 heavy (non-hydrogen) atoms. The first kappa shape index (κ1) is 11.5. The van der Waals surface area contributed by atoms with Crippen molar-refractivity contribution in [2.75, 3.05) is 4.43 Å². The van der Waals surface area contributed by atoms with Crippen LogP contribution in [0, 0.1) is 5.92 Å². The second kappa shape index (κ2) is 6.80. The Kier molecular flexibility index (Phi) is 6.00. The lowest BCUT2D eigenvalue weighted by atomic mass is 9.87. The van der Waals surface area contributed by atoms with E-state index in [1.54, 1.807) is 0 Å². The molecule has 0 heterocycles. The molecule has 1 fully saturated rings. The maximum Gasteiger partial charge on any atom is 0.133 e. The summed E-state index contributed by atoms with van der Waals surface area (Å²) in [5.41, 5.74) is 0. The van der Waals surface area contributed by atoms with Gasteiger partial charge in [0.25, 0.3) is 0 Å². The molecule has 0 saturated heterocycles. The van der Waals surface area contributed by atoms with E-state index < -0.39 is 0 Å². The predicted octanol–water partition coefficient (Wildman–Crippen LogP) is 3.74. The van der Waals surface area contributed by atoms with Gasteiger partial charge in [-0.05, 0) is 29.6 Å². The summed E-state index contributed by atoms with van der Waals surface area (Å²) in [4.78, 5) is 11.4. The van der Waals surface area contributed by atoms with Crippen molar-refractivity contribution >= 4 is 28.4 Å². The summed E-state index contributed by atoms with van der Waals surface area (Å²) in [5.74, 6) is 1.22. The molecule has 0 aromatic rings. The van der Waals surface area contributed by atoms with Crippen molar-refractivity contribution in [1.29, 1.82) is 0 Å². The highest BCUT2D eigenvalue weighted by Crippen LogP contribution is 2.24. The van der Waals surface area contributed by atoms with E-state index in [2.05, 4.69) is 22.6 Å². The Morgan fingerprint density at radius 3 is 2.92 bits per heavy atom. The molecule has 0 spiro atoms. The zero-order valence-corrected chi connectivity index (χ0v) is 10.4. The quantitative estimate of drug-likeness (QED) is 0.572. The van der Waals surface area contributed by atoms with Gasteiger partial charge in [-0.2, -0.15) is 0 Å². The largest absolute Gasteiger partial charge is 0.300 e. The zero-order chi connectivity index (χ0) is 9.52. The van der Waals surface area contributed by atoms with E-state index in [-0.39, 0.29) is 0 Å². The van der Waals surface area contributed by atoms with Gasteiger partial charge in [0, 0.05) is 12.8 Å². The summed E-state index contributed by atoms with van der Waals surface area (Å²) in [5, 5.41) is 0. The first-order valence-corrected chi connectivity index (χ1v) is 6.93. The zero-order valence-electron chi connectivity index (χ0n) is 8.23. The Hall–Kier alpha value is 0.400. The highest BCUT2D eigenvalue weighted by Gasteiger charge is 2.15. The highest BCUT2D eigenvalue weighted by molar-refractivity contribution is 14.1. The SMILES string of the molecule is O=C1CCCCCC(CCCI)C1. The number of hydrogen-bond acceptors (Lipinski definition) is 1. The van der Waals surface area contributed by atoms with Crippen molar-refractivity contribution in [2.45, 2.75) is 51.4 Å². The van der Waals surface area contributed by atoms with Gasteiger partial charge in [0.05, 0.1) is 0 Å². The molecule has 0 N–H and O–H groups in total. The number of halogens is 1. The van der Waals surface area contributed by atoms with Crippen LogP contribution in [0.25, 0.3) is 0 Å². The maximum absolute atomic E-state index is 11.4. The third kappa shape index (κ3) is 4.99. The molecule has 1 unspecified atom stereocenters. The first-order valence-electron chi connectivity index (χ1n) is 5.40. The summed E-state index contributed by atoms with van der Waals surface area (Å²) in [6, 6.07) is 0. The van der Waals surface area contributed by atoms with Crippen LogP contribution in [0.15, 0.2) is 0 Å². The highest BCUT2D eigenvalue weighted by atomic mass is 127. The minimum Gasteiger partial charge on any atom is -0.300 e. The van der Waals surface area contributed by atoms with Gasteiger partial charge in [-0.1, -0.05) is 41.9 Å². The smallest absolute Gasteiger partial charge is 0.133 e. The standard InChI is InChI=1S/C11H19IO/c12-8-4-6-10-5-2-1-3-7-11(13)9-10/h10H,1-9H2. The predicted molar refractivity (Wildman–Crippen MR) is 64.3 cm³/mol. The summed E-state index contributed by atoms with van der Waals surface area (Å²) in [6.45, 7) is 0. The molecule has 76 valence electrons. The van der Waals surface area contributed by atoms with Gasteiger partial charge in [-0.25, -0.2) is 0 Å². The van der Waals surface area contributed by atoms with Gasteiger partial charge in [0.1, 0.15) is 5.78 Å². The van der Waals surface area contributed by atoms with Crippen LogP contribution in [0.4, 0.5) is 0 Å². The van der Waals surface area contributed by atoms with Gasteiger partial charge < -0.3 is 0 Å². The number of hydrogen-bond donors (Lipinski definition) is 0. The van der Waals surface area contributed by atoms with Gasteiger partial charge in [-0.3, -0.25) is 4.79 Å². The molecule has 0 aliphatic heterocycles. The van der Waals surface area contributed by atoms with Gasteiger partial charge in [0.2, 0.25) is 0 Å². The number of carbonyl (C=O) groups is 1. The Balaban J connectivity index is 2.28. The van der Waals surface area contributed by atoms with Crippen molar-refractivity contribution in [3.63, 3.8) is 0 Å². The molecule has 1 rings (SSSR count). The number of ketones is 1. The minimum atomic E-state index is 0.512. The van der Waals surface area contributed by atoms with E-state index in [0.717, 1.165) is 19.3 Å². The van der Waals surface area contributed by atoms with E-state index in [4.69, 9.17) is 0 Å². The van der Waals surface area contributed by atoms with Crippen LogP contribution >= 0.6 is 22.6 Å². The number of carbonyl (C=O) groups excluding carboxylic acids is 1. The van der Waals surface area contributed by atoms with E-state index in [1.165, 1.54) is 36.5 Å². The fourth-order valence-electron chi connectivity index (χ4n) is 2.07. The van der Waals surface area contributed by atoms with E-state index in [1.807, 2.05) is 0 Å². The third-order valence-corrected chi connectivity index (χ3v) is 3.59. The van der Waals surface area contributed by atoms with Gasteiger partial charge in [-0.15, -0.1) is 0 Å². The van der Waals surface area contributed by atoms with Crippen molar-refractivity contribution in [1.82, 2.24) is 0 Å². The second-order valence-corrected chi connectivity index (χ2v) is 5.12. The molecule has 1 nitrogen and oxygen atoms in total. The number of Topliss-reactive ketones (excluding diaryl/α,β-unsaturated/α-hetero) is 1. The Bertz CT molecular complexity index is 154. The van der Waals surface area contributed by atoms with Gasteiger partial charge >= 0.3 is 0 Å². The lowest BCUT2D eigenvalue weighted by Crippen LogP contribution is -2.11. The van der Waals surface area contributed by atoms with E-state index >= 15 is 0 Å². The number of alkyl halides is 1. The monoisotopic (exact) mass is 294 g/mol. The summed E-state index contributed by atoms with van der Waals surface area (Å²) >= 11 is 2.42. The summed E-state index contributed by atoms with van der Waals surface area (Å²) in [7, 11) is 0. The van der Waals surface area contributed by atoms with Crippen LogP contribution in [0.5, 0.6) is 0 Å². The maximum atomic E-state index is 11.4. The summed E-state index contributed by atoms with van der Waals surface area (Å²) < 4.78 is 1.24. The van der Waals surface area contributed by atoms with Crippen molar-refractivity contribution in [3.8, 4) is 0 Å². The Morgan fingerprint density at radius 2 is 2.15 bits per heavy atom. The van der Waals surface area contributed by atoms with Gasteiger partial charge in [0.15, 0.2) is 0 Å². The van der Waals surface area contributed by atoms with Crippen LogP contribution in [-0.4, -0.2) is 10.2 Å². The fourth-order valence-corrected chi connectivity index (χ4v) is 2.51. The minimum absolute atomic E-state index is 0.512. The average molecular weight is 294 g/mol. The first-order chi connectivity index (χ1) is 6.33. The normalized spacial score (nSPS) is 25.3. The second-order valence-electron chi connectivity index (χ2n) is 4.04. The molecule has 0 aromatic heterocycles. The lowest BCUT2D eigenvalue weighted by molar-refractivity contribution is -0.120. The third-order valence-electron chi connectivity index (χ3n) is 2.83. The molecule has 1 atom stereocenters. The molecular weight excluding hydrogens is 275 g/mol. The lowest BCUT2D eigenvalue weighted by Gasteiger charge is -2.18. The van der Waals surface area contributed by atoms with Crippen LogP contribution in [0.3, 0.4) is 0 Å². The van der Waals surface area contributed by atoms with Crippen LogP contribution < -0.4 is 0 Å².